The molecule has 12 heavy (non-hydrogen) atoms. The molecule has 0 atom stereocenters. The number of aromatic amines is 1. The van der Waals surface area contributed by atoms with Crippen molar-refractivity contribution in [2.75, 3.05) is 0 Å². The Morgan fingerprint density at radius 2 is 1.92 bits per heavy atom. The van der Waals surface area contributed by atoms with E-state index in [1.165, 1.54) is 11.3 Å². The maximum Gasteiger partial charge on any atom is 0.307 e. The summed E-state index contributed by atoms with van der Waals surface area (Å²) in [4.78, 5) is 25.2. The Kier molecular flexibility index (Phi) is 1.84. The maximum atomic E-state index is 11.2. The molecule has 0 aromatic carbocycles. The average Bonchev–Trinajstić information content (AvgIpc) is 2.04. The number of H-pyrrole nitrogens is 1. The number of fused-ring (bicyclic) bond motifs is 1. The first-order chi connectivity index (χ1) is 5.77. The van der Waals surface area contributed by atoms with Crippen molar-refractivity contribution in [3.8, 4) is 0 Å². The molecule has 0 saturated heterocycles. The largest absolute Gasteiger partial charge is 0.307 e. The molecule has 0 amide bonds. The van der Waals surface area contributed by atoms with E-state index in [-0.39, 0.29) is 10.4 Å². The normalized spacial score (nSPS) is 15.7. The zero-order valence-corrected chi connectivity index (χ0v) is 7.37. The van der Waals surface area contributed by atoms with Crippen LogP contribution in [0.5, 0.6) is 0 Å². The molecule has 1 N–H and O–H groups in total. The van der Waals surface area contributed by atoms with Crippen LogP contribution in [0.1, 0.15) is 23.3 Å². The van der Waals surface area contributed by atoms with Crippen LogP contribution >= 0.6 is 11.3 Å². The summed E-state index contributed by atoms with van der Waals surface area (Å²) in [7, 11) is 0. The number of rotatable bonds is 0. The van der Waals surface area contributed by atoms with Gasteiger partial charge in [-0.2, -0.15) is 0 Å². The average molecular weight is 183 g/mol. The highest BCUT2D eigenvalue weighted by Gasteiger charge is 2.13. The van der Waals surface area contributed by atoms with Crippen molar-refractivity contribution in [3.05, 3.63) is 30.5 Å². The van der Waals surface area contributed by atoms with E-state index in [0.29, 0.717) is 0 Å². The van der Waals surface area contributed by atoms with E-state index in [1.54, 1.807) is 0 Å². The molecule has 1 aliphatic rings. The highest BCUT2D eigenvalue weighted by molar-refractivity contribution is 7.09. The second-order valence-electron chi connectivity index (χ2n) is 2.95. The summed E-state index contributed by atoms with van der Waals surface area (Å²) in [5.41, 5.74) is 0.666. The topological polar surface area (TPSA) is 49.9 Å². The van der Waals surface area contributed by atoms with Crippen LogP contribution in [0.25, 0.3) is 0 Å². The molecule has 0 unspecified atom stereocenters. The van der Waals surface area contributed by atoms with Crippen molar-refractivity contribution in [2.45, 2.75) is 25.7 Å². The minimum atomic E-state index is -0.222. The fourth-order valence-corrected chi connectivity index (χ4v) is 2.47. The zero-order valence-electron chi connectivity index (χ0n) is 6.55. The lowest BCUT2D eigenvalue weighted by Crippen LogP contribution is -2.24. The summed E-state index contributed by atoms with van der Waals surface area (Å²) in [6.07, 6.45) is 3.91. The van der Waals surface area contributed by atoms with E-state index in [1.807, 2.05) is 0 Å². The minimum Gasteiger partial charge on any atom is -0.280 e. The summed E-state index contributed by atoms with van der Waals surface area (Å²) in [5.74, 6) is 0. The van der Waals surface area contributed by atoms with Gasteiger partial charge in [0.05, 0.1) is 0 Å². The van der Waals surface area contributed by atoms with E-state index in [9.17, 15) is 9.59 Å². The Morgan fingerprint density at radius 3 is 2.75 bits per heavy atom. The van der Waals surface area contributed by atoms with Crippen LogP contribution in [0.2, 0.25) is 0 Å². The van der Waals surface area contributed by atoms with E-state index in [2.05, 4.69) is 4.98 Å². The molecule has 0 aliphatic heterocycles. The predicted molar refractivity (Wildman–Crippen MR) is 47.9 cm³/mol. The van der Waals surface area contributed by atoms with Gasteiger partial charge in [0.15, 0.2) is 0 Å². The lowest BCUT2D eigenvalue weighted by Gasteiger charge is -2.11. The summed E-state index contributed by atoms with van der Waals surface area (Å²) in [6, 6.07) is 0. The first-order valence-corrected chi connectivity index (χ1v) is 4.84. The van der Waals surface area contributed by atoms with E-state index >= 15 is 0 Å². The molecule has 4 heteroatoms. The van der Waals surface area contributed by atoms with Crippen LogP contribution in [0.3, 0.4) is 0 Å². The van der Waals surface area contributed by atoms with Gasteiger partial charge in [0, 0.05) is 10.4 Å². The van der Waals surface area contributed by atoms with Crippen molar-refractivity contribution < 1.29 is 0 Å². The summed E-state index contributed by atoms with van der Waals surface area (Å²) in [5, 5.41) is 0. The first kappa shape index (κ1) is 7.73. The number of hydrogen-bond acceptors (Lipinski definition) is 3. The van der Waals surface area contributed by atoms with Crippen LogP contribution in [0.4, 0.5) is 0 Å². The second kappa shape index (κ2) is 2.86. The van der Waals surface area contributed by atoms with Gasteiger partial charge >= 0.3 is 4.87 Å². The molecule has 1 aliphatic carbocycles. The third kappa shape index (κ3) is 1.22. The van der Waals surface area contributed by atoms with E-state index in [0.717, 1.165) is 36.1 Å². The third-order valence-electron chi connectivity index (χ3n) is 2.12. The Hall–Kier alpha value is -0.900. The third-order valence-corrected chi connectivity index (χ3v) is 3.11. The molecule has 0 fully saturated rings. The number of nitrogens with one attached hydrogen (secondary N) is 1. The lowest BCUT2D eigenvalue weighted by atomic mass is 10.00. The summed E-state index contributed by atoms with van der Waals surface area (Å²) < 4.78 is 0. The highest BCUT2D eigenvalue weighted by atomic mass is 32.1. The van der Waals surface area contributed by atoms with Crippen molar-refractivity contribution in [1.29, 1.82) is 0 Å². The number of hydrogen-bond donors (Lipinski definition) is 1. The van der Waals surface area contributed by atoms with Crippen molar-refractivity contribution in [2.24, 2.45) is 0 Å². The smallest absolute Gasteiger partial charge is 0.280 e. The second-order valence-corrected chi connectivity index (χ2v) is 4.02. The molecule has 0 bridgehead atoms. The standard InChI is InChI=1S/C8H9NO2S/c10-7-5-3-1-2-4-6(5)12-8(11)9-7/h1-4H2,(H,9,10,11). The van der Waals surface area contributed by atoms with Crippen molar-refractivity contribution in [1.82, 2.24) is 4.98 Å². The molecule has 64 valence electrons. The van der Waals surface area contributed by atoms with Gasteiger partial charge < -0.3 is 0 Å². The predicted octanol–water partition coefficient (Wildman–Crippen LogP) is 0.675. The van der Waals surface area contributed by atoms with Gasteiger partial charge in [0.1, 0.15) is 0 Å². The number of aromatic nitrogens is 1. The fraction of sp³-hybridized carbons (Fsp3) is 0.500. The van der Waals surface area contributed by atoms with Gasteiger partial charge in [-0.05, 0) is 25.7 Å². The molecular formula is C8H9NO2S. The SMILES string of the molecule is O=c1[nH]c(=O)c2c(s1)CCCC2. The van der Waals surface area contributed by atoms with Crippen LogP contribution in [-0.2, 0) is 12.8 Å². The zero-order chi connectivity index (χ0) is 8.55. The monoisotopic (exact) mass is 183 g/mol. The molecule has 1 heterocycles. The van der Waals surface area contributed by atoms with Crippen LogP contribution < -0.4 is 10.4 Å². The molecule has 1 aromatic heterocycles. The molecule has 1 aromatic rings. The molecular weight excluding hydrogens is 174 g/mol. The minimum absolute atomic E-state index is 0.173. The summed E-state index contributed by atoms with van der Waals surface area (Å²) in [6.45, 7) is 0. The fourth-order valence-electron chi connectivity index (χ4n) is 1.54. The highest BCUT2D eigenvalue weighted by Crippen LogP contribution is 2.18. The molecule has 3 nitrogen and oxygen atoms in total. The van der Waals surface area contributed by atoms with Crippen LogP contribution in [0, 0.1) is 0 Å². The molecule has 2 rings (SSSR count). The van der Waals surface area contributed by atoms with Crippen molar-refractivity contribution in [3.63, 3.8) is 0 Å². The van der Waals surface area contributed by atoms with Gasteiger partial charge in [-0.15, -0.1) is 0 Å². The van der Waals surface area contributed by atoms with Gasteiger partial charge in [-0.3, -0.25) is 14.6 Å². The summed E-state index contributed by atoms with van der Waals surface area (Å²) >= 11 is 1.18. The number of aryl methyl sites for hydroxylation is 1. The van der Waals surface area contributed by atoms with Gasteiger partial charge in [0.25, 0.3) is 5.56 Å². The van der Waals surface area contributed by atoms with Gasteiger partial charge in [0.2, 0.25) is 0 Å². The Bertz CT molecular complexity index is 404. The quantitative estimate of drug-likeness (QED) is 0.643. The molecule has 0 radical (unpaired) electrons. The maximum absolute atomic E-state index is 11.2. The van der Waals surface area contributed by atoms with E-state index in [4.69, 9.17) is 0 Å². The Labute approximate surface area is 73.1 Å². The van der Waals surface area contributed by atoms with Crippen LogP contribution in [0.15, 0.2) is 9.59 Å². The molecule has 0 spiro atoms. The Morgan fingerprint density at radius 1 is 1.17 bits per heavy atom. The van der Waals surface area contributed by atoms with Crippen LogP contribution in [-0.4, -0.2) is 4.98 Å². The lowest BCUT2D eigenvalue weighted by molar-refractivity contribution is 0.687. The molecule has 0 saturated carbocycles. The van der Waals surface area contributed by atoms with Crippen molar-refractivity contribution >= 4 is 11.3 Å². The van der Waals surface area contributed by atoms with Gasteiger partial charge in [-0.25, -0.2) is 0 Å². The first-order valence-electron chi connectivity index (χ1n) is 4.02. The van der Waals surface area contributed by atoms with Gasteiger partial charge in [-0.1, -0.05) is 11.3 Å². The van der Waals surface area contributed by atoms with E-state index < -0.39 is 0 Å². The Balaban J connectivity index is 2.68.